The highest BCUT2D eigenvalue weighted by atomic mass is 16.5. The Hall–Kier alpha value is -0.900. The first-order chi connectivity index (χ1) is 9.57. The molecule has 0 saturated carbocycles. The van der Waals surface area contributed by atoms with Gasteiger partial charge >= 0.3 is 0 Å². The molecule has 1 fully saturated rings. The van der Waals surface area contributed by atoms with Gasteiger partial charge in [-0.1, -0.05) is 38.1 Å². The summed E-state index contributed by atoms with van der Waals surface area (Å²) in [6, 6.07) is 8.81. The van der Waals surface area contributed by atoms with Crippen molar-refractivity contribution in [1.82, 2.24) is 0 Å². The number of nitrogens with two attached hydrogens (primary N) is 1. The number of hydrogen-bond acceptors (Lipinski definition) is 3. The minimum atomic E-state index is -0.227. The van der Waals surface area contributed by atoms with Crippen LogP contribution in [0.15, 0.2) is 24.3 Å². The molecule has 1 heterocycles. The quantitative estimate of drug-likeness (QED) is 0.900. The van der Waals surface area contributed by atoms with Gasteiger partial charge in [0.2, 0.25) is 0 Å². The highest BCUT2D eigenvalue weighted by Gasteiger charge is 2.38. The third-order valence-electron chi connectivity index (χ3n) is 4.52. The van der Waals surface area contributed by atoms with Crippen molar-refractivity contribution in [3.05, 3.63) is 35.4 Å². The maximum absolute atomic E-state index is 6.44. The second kappa shape index (κ2) is 6.70. The third kappa shape index (κ3) is 3.40. The Balaban J connectivity index is 2.04. The number of ether oxygens (including phenoxy) is 2. The molecule has 112 valence electrons. The van der Waals surface area contributed by atoms with Crippen LogP contribution in [0.3, 0.4) is 0 Å². The average Bonchev–Trinajstić information content (AvgIpc) is 2.48. The van der Waals surface area contributed by atoms with Crippen LogP contribution >= 0.6 is 0 Å². The van der Waals surface area contributed by atoms with Crippen LogP contribution in [-0.2, 0) is 15.9 Å². The second-order valence-electron chi connectivity index (χ2n) is 6.09. The van der Waals surface area contributed by atoms with Gasteiger partial charge in [-0.3, -0.25) is 0 Å². The fourth-order valence-corrected chi connectivity index (χ4v) is 2.92. The number of methoxy groups -OCH3 is 1. The zero-order valence-electron chi connectivity index (χ0n) is 12.9. The molecule has 1 saturated heterocycles. The summed E-state index contributed by atoms with van der Waals surface area (Å²) in [6.07, 6.45) is 2.62. The van der Waals surface area contributed by atoms with Gasteiger partial charge in [0.25, 0.3) is 0 Å². The molecule has 0 spiro atoms. The summed E-state index contributed by atoms with van der Waals surface area (Å²) >= 11 is 0. The van der Waals surface area contributed by atoms with E-state index in [1.165, 1.54) is 11.1 Å². The monoisotopic (exact) mass is 277 g/mol. The Kier molecular flexibility index (Phi) is 5.19. The molecule has 1 aliphatic rings. The van der Waals surface area contributed by atoms with Gasteiger partial charge < -0.3 is 15.2 Å². The van der Waals surface area contributed by atoms with E-state index >= 15 is 0 Å². The third-order valence-corrected chi connectivity index (χ3v) is 4.52. The van der Waals surface area contributed by atoms with E-state index in [9.17, 15) is 0 Å². The maximum atomic E-state index is 6.44. The minimum absolute atomic E-state index is 0.0151. The van der Waals surface area contributed by atoms with Crippen LogP contribution in [0.5, 0.6) is 0 Å². The van der Waals surface area contributed by atoms with E-state index in [0.717, 1.165) is 32.5 Å². The van der Waals surface area contributed by atoms with E-state index < -0.39 is 0 Å². The molecule has 1 atom stereocenters. The summed E-state index contributed by atoms with van der Waals surface area (Å²) in [5.41, 5.74) is 8.87. The van der Waals surface area contributed by atoms with Gasteiger partial charge in [-0.2, -0.15) is 0 Å². The number of rotatable bonds is 5. The van der Waals surface area contributed by atoms with Gasteiger partial charge in [0, 0.05) is 39.2 Å². The van der Waals surface area contributed by atoms with E-state index in [4.69, 9.17) is 15.2 Å². The Morgan fingerprint density at radius 1 is 1.20 bits per heavy atom. The summed E-state index contributed by atoms with van der Waals surface area (Å²) in [7, 11) is 1.77. The zero-order valence-corrected chi connectivity index (χ0v) is 12.9. The predicted octanol–water partition coefficient (Wildman–Crippen LogP) is 2.88. The summed E-state index contributed by atoms with van der Waals surface area (Å²) in [5, 5.41) is 0. The van der Waals surface area contributed by atoms with Crippen molar-refractivity contribution in [3.8, 4) is 0 Å². The lowest BCUT2D eigenvalue weighted by molar-refractivity contribution is -0.103. The molecular formula is C17H27NO2. The van der Waals surface area contributed by atoms with Gasteiger partial charge in [-0.25, -0.2) is 0 Å². The lowest BCUT2D eigenvalue weighted by Crippen LogP contribution is -2.53. The fourth-order valence-electron chi connectivity index (χ4n) is 2.92. The van der Waals surface area contributed by atoms with Crippen molar-refractivity contribution in [2.75, 3.05) is 20.3 Å². The lowest BCUT2D eigenvalue weighted by atomic mass is 9.83. The van der Waals surface area contributed by atoms with E-state index in [1.54, 1.807) is 7.11 Å². The van der Waals surface area contributed by atoms with Crippen LogP contribution in [0.1, 0.15) is 43.7 Å². The molecule has 1 aliphatic heterocycles. The molecule has 0 radical (unpaired) electrons. The summed E-state index contributed by atoms with van der Waals surface area (Å²) in [5.74, 6) is 0.568. The highest BCUT2D eigenvalue weighted by Crippen LogP contribution is 2.29. The molecule has 0 aliphatic carbocycles. The molecule has 1 aromatic carbocycles. The zero-order chi connectivity index (χ0) is 14.6. The van der Waals surface area contributed by atoms with Crippen LogP contribution in [0.25, 0.3) is 0 Å². The van der Waals surface area contributed by atoms with Crippen molar-refractivity contribution in [3.63, 3.8) is 0 Å². The first-order valence-electron chi connectivity index (χ1n) is 7.55. The minimum Gasteiger partial charge on any atom is -0.381 e. The van der Waals surface area contributed by atoms with Crippen LogP contribution < -0.4 is 5.73 Å². The van der Waals surface area contributed by atoms with Crippen LogP contribution in [0.2, 0.25) is 0 Å². The van der Waals surface area contributed by atoms with Crippen LogP contribution in [-0.4, -0.2) is 32.0 Å². The normalized spacial score (nSPS) is 20.1. The first kappa shape index (κ1) is 15.5. The number of benzene rings is 1. The topological polar surface area (TPSA) is 44.5 Å². The lowest BCUT2D eigenvalue weighted by Gasteiger charge is -2.40. The highest BCUT2D eigenvalue weighted by molar-refractivity contribution is 5.25. The molecule has 1 aromatic rings. The maximum Gasteiger partial charge on any atom is 0.0875 e. The molecule has 0 aromatic heterocycles. The second-order valence-corrected chi connectivity index (χ2v) is 6.09. The van der Waals surface area contributed by atoms with Gasteiger partial charge in [-0.05, 0) is 23.5 Å². The van der Waals surface area contributed by atoms with Crippen LogP contribution in [0.4, 0.5) is 0 Å². The standard InChI is InChI=1S/C17H27NO2/c1-13(2)15-6-4-14(5-7-15)12-16(18)17(19-3)8-10-20-11-9-17/h4-7,13,16H,8-12,18H2,1-3H3. The molecule has 20 heavy (non-hydrogen) atoms. The Labute approximate surface area is 122 Å². The summed E-state index contributed by atoms with van der Waals surface area (Å²) in [6.45, 7) is 5.91. The van der Waals surface area contributed by atoms with Crippen molar-refractivity contribution in [2.24, 2.45) is 5.73 Å². The van der Waals surface area contributed by atoms with Crippen molar-refractivity contribution < 1.29 is 9.47 Å². The van der Waals surface area contributed by atoms with Gasteiger partial charge in [0.05, 0.1) is 5.60 Å². The SMILES string of the molecule is COC1(C(N)Cc2ccc(C(C)C)cc2)CCOCC1. The molecule has 3 heteroatoms. The molecule has 2 N–H and O–H groups in total. The molecular weight excluding hydrogens is 250 g/mol. The Morgan fingerprint density at radius 2 is 1.80 bits per heavy atom. The van der Waals surface area contributed by atoms with E-state index in [-0.39, 0.29) is 11.6 Å². The Bertz CT molecular complexity index is 408. The largest absolute Gasteiger partial charge is 0.381 e. The summed E-state index contributed by atoms with van der Waals surface area (Å²) < 4.78 is 11.2. The van der Waals surface area contributed by atoms with Gasteiger partial charge in [0.1, 0.15) is 0 Å². The van der Waals surface area contributed by atoms with Gasteiger partial charge in [-0.15, -0.1) is 0 Å². The van der Waals surface area contributed by atoms with Gasteiger partial charge in [0.15, 0.2) is 0 Å². The van der Waals surface area contributed by atoms with Crippen molar-refractivity contribution >= 4 is 0 Å². The summed E-state index contributed by atoms with van der Waals surface area (Å²) in [4.78, 5) is 0. The van der Waals surface area contributed by atoms with E-state index in [1.807, 2.05) is 0 Å². The smallest absolute Gasteiger partial charge is 0.0875 e. The van der Waals surface area contributed by atoms with E-state index in [2.05, 4.69) is 38.1 Å². The molecule has 3 nitrogen and oxygen atoms in total. The number of hydrogen-bond donors (Lipinski definition) is 1. The molecule has 0 bridgehead atoms. The van der Waals surface area contributed by atoms with Crippen molar-refractivity contribution in [2.45, 2.75) is 50.7 Å². The fraction of sp³-hybridized carbons (Fsp3) is 0.647. The van der Waals surface area contributed by atoms with Crippen molar-refractivity contribution in [1.29, 1.82) is 0 Å². The molecule has 2 rings (SSSR count). The first-order valence-corrected chi connectivity index (χ1v) is 7.55. The van der Waals surface area contributed by atoms with Crippen LogP contribution in [0, 0.1) is 0 Å². The molecule has 1 unspecified atom stereocenters. The average molecular weight is 277 g/mol. The van der Waals surface area contributed by atoms with E-state index in [0.29, 0.717) is 5.92 Å². The molecule has 0 amide bonds. The predicted molar refractivity (Wildman–Crippen MR) is 82.0 cm³/mol. The Morgan fingerprint density at radius 3 is 2.30 bits per heavy atom.